The highest BCUT2D eigenvalue weighted by atomic mass is 32.1. The molecular weight excluding hydrogens is 268 g/mol. The van der Waals surface area contributed by atoms with E-state index in [1.165, 1.54) is 41.3 Å². The molecule has 0 radical (unpaired) electrons. The SMILES string of the molecule is C=C(C)CN=C(N)NCCCc1nc2c(s1)CCCC2. The maximum Gasteiger partial charge on any atom is 0.188 e. The summed E-state index contributed by atoms with van der Waals surface area (Å²) in [7, 11) is 0. The number of nitrogens with zero attached hydrogens (tertiary/aromatic N) is 2. The second-order valence-corrected chi connectivity index (χ2v) is 6.54. The van der Waals surface area contributed by atoms with Gasteiger partial charge in [0.25, 0.3) is 0 Å². The molecule has 1 aliphatic carbocycles. The van der Waals surface area contributed by atoms with Crippen LogP contribution in [0.5, 0.6) is 0 Å². The number of fused-ring (bicyclic) bond motifs is 1. The quantitative estimate of drug-likeness (QED) is 0.366. The van der Waals surface area contributed by atoms with E-state index < -0.39 is 0 Å². The van der Waals surface area contributed by atoms with Crippen molar-refractivity contribution in [2.45, 2.75) is 45.4 Å². The van der Waals surface area contributed by atoms with E-state index in [2.05, 4.69) is 16.9 Å². The van der Waals surface area contributed by atoms with E-state index in [1.807, 2.05) is 18.3 Å². The summed E-state index contributed by atoms with van der Waals surface area (Å²) in [5.74, 6) is 0.506. The van der Waals surface area contributed by atoms with E-state index in [9.17, 15) is 0 Å². The van der Waals surface area contributed by atoms with E-state index in [1.54, 1.807) is 0 Å². The number of aromatic nitrogens is 1. The summed E-state index contributed by atoms with van der Waals surface area (Å²) in [5.41, 5.74) is 8.14. The molecule has 0 saturated heterocycles. The number of nitrogens with two attached hydrogens (primary N) is 1. The summed E-state index contributed by atoms with van der Waals surface area (Å²) in [6.07, 6.45) is 7.09. The Hall–Kier alpha value is -1.36. The van der Waals surface area contributed by atoms with Gasteiger partial charge in [-0.3, -0.25) is 0 Å². The van der Waals surface area contributed by atoms with Crippen LogP contribution in [0.25, 0.3) is 0 Å². The molecule has 0 fully saturated rings. The van der Waals surface area contributed by atoms with Crippen LogP contribution in [-0.2, 0) is 19.3 Å². The Bertz CT molecular complexity index is 467. The van der Waals surface area contributed by atoms with Crippen LogP contribution in [0.3, 0.4) is 0 Å². The van der Waals surface area contributed by atoms with Crippen molar-refractivity contribution >= 4 is 17.3 Å². The zero-order valence-corrected chi connectivity index (χ0v) is 13.1. The Labute approximate surface area is 125 Å². The van der Waals surface area contributed by atoms with Crippen molar-refractivity contribution in [2.75, 3.05) is 13.1 Å². The van der Waals surface area contributed by atoms with E-state index in [4.69, 9.17) is 10.7 Å². The van der Waals surface area contributed by atoms with Crippen LogP contribution in [0.4, 0.5) is 0 Å². The van der Waals surface area contributed by atoms with E-state index in [0.717, 1.165) is 25.0 Å². The standard InChI is InChI=1S/C15H24N4S/c1-11(2)10-18-15(16)17-9-5-8-14-19-12-6-3-4-7-13(12)20-14/h1,3-10H2,2H3,(H3,16,17,18). The third-order valence-electron chi connectivity index (χ3n) is 3.28. The largest absolute Gasteiger partial charge is 0.370 e. The number of aliphatic imine (C=N–C) groups is 1. The number of rotatable bonds is 6. The highest BCUT2D eigenvalue weighted by molar-refractivity contribution is 7.11. The third-order valence-corrected chi connectivity index (χ3v) is 4.50. The van der Waals surface area contributed by atoms with Crippen LogP contribution < -0.4 is 11.1 Å². The molecule has 0 spiro atoms. The molecule has 0 bridgehead atoms. The van der Waals surface area contributed by atoms with Crippen LogP contribution in [0, 0.1) is 0 Å². The van der Waals surface area contributed by atoms with E-state index in [0.29, 0.717) is 12.5 Å². The minimum atomic E-state index is 0.506. The zero-order valence-electron chi connectivity index (χ0n) is 12.2. The van der Waals surface area contributed by atoms with Crippen molar-refractivity contribution in [3.05, 3.63) is 27.7 Å². The summed E-state index contributed by atoms with van der Waals surface area (Å²) in [5, 5.41) is 4.41. The minimum absolute atomic E-state index is 0.506. The first-order chi connectivity index (χ1) is 9.65. The number of aryl methyl sites for hydroxylation is 3. The predicted molar refractivity (Wildman–Crippen MR) is 86.4 cm³/mol. The molecule has 1 aromatic rings. The maximum atomic E-state index is 5.77. The number of guanidine groups is 1. The lowest BCUT2D eigenvalue weighted by Gasteiger charge is -2.06. The summed E-state index contributed by atoms with van der Waals surface area (Å²) in [6.45, 7) is 7.18. The average Bonchev–Trinajstić information content (AvgIpc) is 2.84. The molecule has 0 aromatic carbocycles. The molecule has 3 N–H and O–H groups in total. The van der Waals surface area contributed by atoms with Gasteiger partial charge < -0.3 is 11.1 Å². The highest BCUT2D eigenvalue weighted by Gasteiger charge is 2.14. The Balaban J connectivity index is 1.69. The molecule has 0 saturated carbocycles. The summed E-state index contributed by atoms with van der Waals surface area (Å²) >= 11 is 1.90. The number of thiazole rings is 1. The van der Waals surface area contributed by atoms with Gasteiger partial charge in [0.1, 0.15) is 0 Å². The average molecular weight is 292 g/mol. The van der Waals surface area contributed by atoms with Gasteiger partial charge >= 0.3 is 0 Å². The van der Waals surface area contributed by atoms with E-state index in [-0.39, 0.29) is 0 Å². The van der Waals surface area contributed by atoms with E-state index >= 15 is 0 Å². The van der Waals surface area contributed by atoms with Crippen molar-refractivity contribution in [1.82, 2.24) is 10.3 Å². The molecule has 20 heavy (non-hydrogen) atoms. The van der Waals surface area contributed by atoms with Crippen LogP contribution >= 0.6 is 11.3 Å². The Morgan fingerprint density at radius 3 is 3.00 bits per heavy atom. The fourth-order valence-corrected chi connectivity index (χ4v) is 3.44. The Morgan fingerprint density at radius 1 is 1.45 bits per heavy atom. The van der Waals surface area contributed by atoms with Gasteiger partial charge in [0, 0.05) is 17.8 Å². The van der Waals surface area contributed by atoms with Gasteiger partial charge in [-0.25, -0.2) is 9.98 Å². The predicted octanol–water partition coefficient (Wildman–Crippen LogP) is 2.43. The first-order valence-electron chi connectivity index (χ1n) is 7.31. The second-order valence-electron chi connectivity index (χ2n) is 5.37. The Morgan fingerprint density at radius 2 is 2.25 bits per heavy atom. The molecule has 110 valence electrons. The Kier molecular flexibility index (Phi) is 5.59. The molecule has 0 atom stereocenters. The summed E-state index contributed by atoms with van der Waals surface area (Å²) < 4.78 is 0. The molecule has 0 amide bonds. The van der Waals surface area contributed by atoms with Crippen molar-refractivity contribution in [1.29, 1.82) is 0 Å². The van der Waals surface area contributed by atoms with Crippen LogP contribution in [0.15, 0.2) is 17.1 Å². The summed E-state index contributed by atoms with van der Waals surface area (Å²) in [6, 6.07) is 0. The molecule has 0 unspecified atom stereocenters. The molecule has 5 heteroatoms. The van der Waals surface area contributed by atoms with Crippen LogP contribution in [0.1, 0.15) is 41.8 Å². The van der Waals surface area contributed by atoms with Gasteiger partial charge in [-0.1, -0.05) is 12.2 Å². The first kappa shape index (κ1) is 15.0. The summed E-state index contributed by atoms with van der Waals surface area (Å²) in [4.78, 5) is 10.5. The van der Waals surface area contributed by atoms with Gasteiger partial charge in [-0.15, -0.1) is 11.3 Å². The molecule has 2 rings (SSSR count). The third kappa shape index (κ3) is 4.63. The van der Waals surface area contributed by atoms with Gasteiger partial charge in [0.15, 0.2) is 5.96 Å². The zero-order chi connectivity index (χ0) is 14.4. The number of hydrogen-bond donors (Lipinski definition) is 2. The normalized spacial score (nSPS) is 14.9. The molecule has 1 aliphatic rings. The maximum absolute atomic E-state index is 5.77. The number of nitrogens with one attached hydrogen (secondary N) is 1. The lowest BCUT2D eigenvalue weighted by molar-refractivity contribution is 0.678. The van der Waals surface area contributed by atoms with Crippen molar-refractivity contribution in [2.24, 2.45) is 10.7 Å². The van der Waals surface area contributed by atoms with Gasteiger partial charge in [0.2, 0.25) is 0 Å². The van der Waals surface area contributed by atoms with Gasteiger partial charge in [0.05, 0.1) is 17.2 Å². The highest BCUT2D eigenvalue weighted by Crippen LogP contribution is 2.27. The fraction of sp³-hybridized carbons (Fsp3) is 0.600. The topological polar surface area (TPSA) is 63.3 Å². The van der Waals surface area contributed by atoms with Crippen LogP contribution in [0.2, 0.25) is 0 Å². The van der Waals surface area contributed by atoms with Crippen molar-refractivity contribution < 1.29 is 0 Å². The molecular formula is C15H24N4S. The molecule has 1 aromatic heterocycles. The van der Waals surface area contributed by atoms with Gasteiger partial charge in [-0.05, 0) is 39.0 Å². The monoisotopic (exact) mass is 292 g/mol. The smallest absolute Gasteiger partial charge is 0.188 e. The molecule has 1 heterocycles. The molecule has 0 aliphatic heterocycles. The van der Waals surface area contributed by atoms with Gasteiger partial charge in [-0.2, -0.15) is 0 Å². The first-order valence-corrected chi connectivity index (χ1v) is 8.12. The lowest BCUT2D eigenvalue weighted by Crippen LogP contribution is -2.32. The van der Waals surface area contributed by atoms with Crippen molar-refractivity contribution in [3.8, 4) is 0 Å². The fourth-order valence-electron chi connectivity index (χ4n) is 2.24. The van der Waals surface area contributed by atoms with Crippen LogP contribution in [-0.4, -0.2) is 24.0 Å². The second kappa shape index (κ2) is 7.43. The molecule has 4 nitrogen and oxygen atoms in total. The minimum Gasteiger partial charge on any atom is -0.370 e. The van der Waals surface area contributed by atoms with Crippen molar-refractivity contribution in [3.63, 3.8) is 0 Å². The number of hydrogen-bond acceptors (Lipinski definition) is 3. The lowest BCUT2D eigenvalue weighted by atomic mass is 10.0.